The van der Waals surface area contributed by atoms with Crippen molar-refractivity contribution in [3.05, 3.63) is 71.8 Å². The highest BCUT2D eigenvalue weighted by Crippen LogP contribution is 2.27. The predicted molar refractivity (Wildman–Crippen MR) is 95.1 cm³/mol. The summed E-state index contributed by atoms with van der Waals surface area (Å²) in [4.78, 5) is 14.0. The van der Waals surface area contributed by atoms with Crippen LogP contribution in [0.1, 0.15) is 23.5 Å². The molecule has 0 atom stereocenters. The van der Waals surface area contributed by atoms with E-state index in [4.69, 9.17) is 4.74 Å². The molecule has 1 heterocycles. The van der Waals surface area contributed by atoms with Crippen LogP contribution in [0.25, 0.3) is 0 Å². The van der Waals surface area contributed by atoms with E-state index in [-0.39, 0.29) is 11.9 Å². The first-order valence-corrected chi connectivity index (χ1v) is 8.55. The molecule has 1 N–H and O–H groups in total. The molecule has 2 aromatic carbocycles. The summed E-state index contributed by atoms with van der Waals surface area (Å²) in [6.45, 7) is 3.26. The maximum Gasteiger partial charge on any atom is 0.317 e. The Morgan fingerprint density at radius 3 is 2.04 bits per heavy atom. The van der Waals surface area contributed by atoms with Crippen molar-refractivity contribution < 1.29 is 9.53 Å². The van der Waals surface area contributed by atoms with E-state index >= 15 is 0 Å². The summed E-state index contributed by atoms with van der Waals surface area (Å²) >= 11 is 0. The van der Waals surface area contributed by atoms with E-state index in [0.29, 0.717) is 32.8 Å². The molecule has 4 heteroatoms. The molecule has 0 aliphatic carbocycles. The summed E-state index contributed by atoms with van der Waals surface area (Å²) in [5, 5.41) is 3.05. The molecule has 1 saturated heterocycles. The fraction of sp³-hybridized carbons (Fsp3) is 0.350. The lowest BCUT2D eigenvalue weighted by atomic mass is 9.88. The van der Waals surface area contributed by atoms with Gasteiger partial charge in [-0.1, -0.05) is 60.7 Å². The van der Waals surface area contributed by atoms with Crippen LogP contribution in [-0.2, 0) is 4.74 Å². The minimum atomic E-state index is 0.0122. The molecule has 1 aliphatic rings. The number of carbonyl (C=O) groups excluding carboxylic acids is 1. The van der Waals surface area contributed by atoms with Gasteiger partial charge in [-0.15, -0.1) is 0 Å². The monoisotopic (exact) mass is 324 g/mol. The van der Waals surface area contributed by atoms with Gasteiger partial charge in [0.1, 0.15) is 0 Å². The van der Waals surface area contributed by atoms with Gasteiger partial charge in [-0.25, -0.2) is 4.79 Å². The number of hydrogen-bond acceptors (Lipinski definition) is 2. The Balaban J connectivity index is 1.61. The Bertz CT molecular complexity index is 585. The fourth-order valence-electron chi connectivity index (χ4n) is 3.10. The van der Waals surface area contributed by atoms with Gasteiger partial charge in [0.25, 0.3) is 0 Å². The quantitative estimate of drug-likeness (QED) is 0.917. The highest BCUT2D eigenvalue weighted by Gasteiger charge is 2.18. The minimum absolute atomic E-state index is 0.0122. The lowest BCUT2D eigenvalue weighted by Crippen LogP contribution is -2.46. The van der Waals surface area contributed by atoms with Gasteiger partial charge in [0.15, 0.2) is 0 Å². The largest absolute Gasteiger partial charge is 0.378 e. The normalized spacial score (nSPS) is 14.6. The summed E-state index contributed by atoms with van der Waals surface area (Å²) in [6, 6.07) is 21.0. The van der Waals surface area contributed by atoms with E-state index in [0.717, 1.165) is 6.42 Å². The van der Waals surface area contributed by atoms with Crippen molar-refractivity contribution in [2.75, 3.05) is 32.8 Å². The van der Waals surface area contributed by atoms with Crippen LogP contribution in [0, 0.1) is 0 Å². The average Bonchev–Trinajstić information content (AvgIpc) is 2.67. The first kappa shape index (κ1) is 16.5. The van der Waals surface area contributed by atoms with Gasteiger partial charge in [-0.2, -0.15) is 0 Å². The van der Waals surface area contributed by atoms with Crippen molar-refractivity contribution in [1.29, 1.82) is 0 Å². The highest BCUT2D eigenvalue weighted by molar-refractivity contribution is 5.74. The second kappa shape index (κ2) is 8.50. The van der Waals surface area contributed by atoms with Crippen LogP contribution < -0.4 is 5.32 Å². The van der Waals surface area contributed by atoms with Gasteiger partial charge >= 0.3 is 6.03 Å². The topological polar surface area (TPSA) is 41.6 Å². The third-order valence-electron chi connectivity index (χ3n) is 4.41. The van der Waals surface area contributed by atoms with Gasteiger partial charge < -0.3 is 15.0 Å². The Kier molecular flexibility index (Phi) is 5.85. The van der Waals surface area contributed by atoms with Gasteiger partial charge in [0, 0.05) is 25.6 Å². The predicted octanol–water partition coefficient (Wildman–Crippen LogP) is 3.25. The Morgan fingerprint density at radius 2 is 1.50 bits per heavy atom. The summed E-state index contributed by atoms with van der Waals surface area (Å²) in [5.41, 5.74) is 2.56. The molecule has 0 saturated carbocycles. The molecule has 1 aliphatic heterocycles. The molecule has 24 heavy (non-hydrogen) atoms. The molecule has 2 amide bonds. The number of benzene rings is 2. The Labute approximate surface area is 143 Å². The number of nitrogens with one attached hydrogen (secondary N) is 1. The van der Waals surface area contributed by atoms with Crippen molar-refractivity contribution >= 4 is 6.03 Å². The number of urea groups is 1. The number of hydrogen-bond donors (Lipinski definition) is 1. The van der Waals surface area contributed by atoms with Crippen molar-refractivity contribution in [3.8, 4) is 0 Å². The number of ether oxygens (including phenoxy) is 1. The van der Waals surface area contributed by atoms with Crippen LogP contribution in [0.3, 0.4) is 0 Å². The number of amides is 2. The summed E-state index contributed by atoms with van der Waals surface area (Å²) in [5.74, 6) is 0.289. The molecule has 126 valence electrons. The molecule has 2 aromatic rings. The van der Waals surface area contributed by atoms with E-state index in [1.54, 1.807) is 0 Å². The van der Waals surface area contributed by atoms with E-state index < -0.39 is 0 Å². The lowest BCUT2D eigenvalue weighted by molar-refractivity contribution is 0.0532. The third-order valence-corrected chi connectivity index (χ3v) is 4.41. The maximum absolute atomic E-state index is 12.2. The third kappa shape index (κ3) is 4.36. The maximum atomic E-state index is 12.2. The molecule has 4 nitrogen and oxygen atoms in total. The zero-order valence-electron chi connectivity index (χ0n) is 13.9. The number of nitrogens with zero attached hydrogens (tertiary/aromatic N) is 1. The minimum Gasteiger partial charge on any atom is -0.378 e. The number of morpholine rings is 1. The first-order valence-electron chi connectivity index (χ1n) is 8.55. The van der Waals surface area contributed by atoms with E-state index in [2.05, 4.69) is 53.8 Å². The van der Waals surface area contributed by atoms with Gasteiger partial charge in [0.05, 0.1) is 13.2 Å². The Hall–Kier alpha value is -2.33. The summed E-state index contributed by atoms with van der Waals surface area (Å²) in [6.07, 6.45) is 0.879. The van der Waals surface area contributed by atoms with E-state index in [9.17, 15) is 4.79 Å². The second-order valence-corrected chi connectivity index (χ2v) is 5.99. The van der Waals surface area contributed by atoms with Crippen LogP contribution in [-0.4, -0.2) is 43.8 Å². The standard InChI is InChI=1S/C20H24N2O2/c23-20(22-13-15-24-16-14-22)21-12-11-19(17-7-3-1-4-8-17)18-9-5-2-6-10-18/h1-10,19H,11-16H2,(H,21,23). The molecular weight excluding hydrogens is 300 g/mol. The number of carbonyl (C=O) groups is 1. The van der Waals surface area contributed by atoms with Crippen LogP contribution in [0.15, 0.2) is 60.7 Å². The van der Waals surface area contributed by atoms with Gasteiger partial charge in [-0.3, -0.25) is 0 Å². The first-order chi connectivity index (χ1) is 11.8. The zero-order valence-corrected chi connectivity index (χ0v) is 13.9. The summed E-state index contributed by atoms with van der Waals surface area (Å²) < 4.78 is 5.29. The SMILES string of the molecule is O=C(NCCC(c1ccccc1)c1ccccc1)N1CCOCC1. The fourth-order valence-corrected chi connectivity index (χ4v) is 3.10. The van der Waals surface area contributed by atoms with Crippen LogP contribution in [0.4, 0.5) is 4.79 Å². The second-order valence-electron chi connectivity index (χ2n) is 5.99. The molecular formula is C20H24N2O2. The van der Waals surface area contributed by atoms with Gasteiger partial charge in [-0.05, 0) is 17.5 Å². The van der Waals surface area contributed by atoms with Crippen molar-refractivity contribution in [3.63, 3.8) is 0 Å². The average molecular weight is 324 g/mol. The molecule has 0 bridgehead atoms. The number of rotatable bonds is 5. The molecule has 0 radical (unpaired) electrons. The van der Waals surface area contributed by atoms with Crippen LogP contribution in [0.5, 0.6) is 0 Å². The molecule has 3 rings (SSSR count). The van der Waals surface area contributed by atoms with Crippen molar-refractivity contribution in [1.82, 2.24) is 10.2 Å². The van der Waals surface area contributed by atoms with Gasteiger partial charge in [0.2, 0.25) is 0 Å². The molecule has 0 aromatic heterocycles. The Morgan fingerprint density at radius 1 is 0.958 bits per heavy atom. The van der Waals surface area contributed by atoms with E-state index in [1.807, 2.05) is 17.0 Å². The van der Waals surface area contributed by atoms with Crippen molar-refractivity contribution in [2.24, 2.45) is 0 Å². The summed E-state index contributed by atoms with van der Waals surface area (Å²) in [7, 11) is 0. The smallest absolute Gasteiger partial charge is 0.317 e. The van der Waals surface area contributed by atoms with E-state index in [1.165, 1.54) is 11.1 Å². The van der Waals surface area contributed by atoms with Crippen LogP contribution in [0.2, 0.25) is 0 Å². The molecule has 0 unspecified atom stereocenters. The highest BCUT2D eigenvalue weighted by atomic mass is 16.5. The molecule has 1 fully saturated rings. The zero-order chi connectivity index (χ0) is 16.6. The lowest BCUT2D eigenvalue weighted by Gasteiger charge is -2.27. The van der Waals surface area contributed by atoms with Crippen LogP contribution >= 0.6 is 0 Å². The molecule has 0 spiro atoms. The van der Waals surface area contributed by atoms with Crippen molar-refractivity contribution in [2.45, 2.75) is 12.3 Å².